The van der Waals surface area contributed by atoms with Gasteiger partial charge < -0.3 is 5.32 Å². The topological polar surface area (TPSA) is 49.4 Å². The zero-order valence-electron chi connectivity index (χ0n) is 15.4. The number of benzene rings is 3. The lowest BCUT2D eigenvalue weighted by atomic mass is 9.87. The van der Waals surface area contributed by atoms with Gasteiger partial charge in [-0.15, -0.1) is 0 Å². The first-order chi connectivity index (χ1) is 14.2. The molecule has 3 amide bonds. The average molecular weight is 420 g/mol. The minimum atomic E-state index is -2.31. The lowest BCUT2D eigenvalue weighted by Gasteiger charge is -2.24. The molecule has 0 saturated carbocycles. The number of fused-ring (bicyclic) bond motifs is 1. The fourth-order valence-corrected chi connectivity index (χ4v) is 3.63. The first kappa shape index (κ1) is 19.8. The smallest absolute Gasteiger partial charge is 0.319 e. The van der Waals surface area contributed by atoms with Crippen molar-refractivity contribution in [3.63, 3.8) is 0 Å². The number of carbonyl (C=O) groups excluding carboxylic acids is 2. The molecule has 0 unspecified atom stereocenters. The molecule has 1 N–H and O–H groups in total. The maximum atomic E-state index is 14.0. The van der Waals surface area contributed by atoms with Crippen molar-refractivity contribution in [2.24, 2.45) is 0 Å². The van der Waals surface area contributed by atoms with Gasteiger partial charge in [0.25, 0.3) is 5.91 Å². The molecule has 0 aromatic heterocycles. The number of urea groups is 1. The van der Waals surface area contributed by atoms with E-state index in [0.717, 1.165) is 5.39 Å². The fraction of sp³-hybridized carbons (Fsp3) is 0.143. The quantitative estimate of drug-likeness (QED) is 0.294. The van der Waals surface area contributed by atoms with Crippen LogP contribution in [-0.4, -0.2) is 16.8 Å². The number of imide groups is 1. The number of hydrogen-bond acceptors (Lipinski definition) is 2. The highest BCUT2D eigenvalue weighted by molar-refractivity contribution is 6.09. The molecule has 0 aliphatic carbocycles. The summed E-state index contributed by atoms with van der Waals surface area (Å²) in [6, 6.07) is 11.1. The van der Waals surface area contributed by atoms with Crippen LogP contribution in [0, 0.1) is 29.1 Å². The molecule has 154 valence electrons. The van der Waals surface area contributed by atoms with Crippen molar-refractivity contribution >= 4 is 22.7 Å². The van der Waals surface area contributed by atoms with Crippen LogP contribution in [0.5, 0.6) is 0 Å². The van der Waals surface area contributed by atoms with Crippen molar-refractivity contribution in [2.45, 2.75) is 19.0 Å². The van der Waals surface area contributed by atoms with Crippen LogP contribution < -0.4 is 5.32 Å². The van der Waals surface area contributed by atoms with Gasteiger partial charge in [0.05, 0.1) is 6.54 Å². The molecule has 3 aromatic carbocycles. The van der Waals surface area contributed by atoms with Gasteiger partial charge in [-0.2, -0.15) is 0 Å². The summed E-state index contributed by atoms with van der Waals surface area (Å²) in [4.78, 5) is 26.0. The number of hydrogen-bond donors (Lipinski definition) is 1. The van der Waals surface area contributed by atoms with Crippen LogP contribution in [0.25, 0.3) is 10.8 Å². The van der Waals surface area contributed by atoms with Crippen LogP contribution >= 0.6 is 0 Å². The Morgan fingerprint density at radius 1 is 0.833 bits per heavy atom. The number of halogens is 5. The van der Waals surface area contributed by atoms with E-state index >= 15 is 0 Å². The molecule has 9 heteroatoms. The third kappa shape index (κ3) is 2.72. The zero-order chi connectivity index (χ0) is 21.8. The van der Waals surface area contributed by atoms with E-state index in [0.29, 0.717) is 15.8 Å². The molecule has 0 radical (unpaired) electrons. The van der Waals surface area contributed by atoms with E-state index in [1.165, 1.54) is 6.92 Å². The van der Waals surface area contributed by atoms with Crippen LogP contribution in [0.2, 0.25) is 0 Å². The Hall–Kier alpha value is -3.49. The molecule has 1 aliphatic rings. The van der Waals surface area contributed by atoms with Crippen molar-refractivity contribution in [3.05, 3.63) is 82.7 Å². The molecule has 4 nitrogen and oxygen atoms in total. The lowest BCUT2D eigenvalue weighted by molar-refractivity contribution is -0.131. The van der Waals surface area contributed by atoms with Crippen molar-refractivity contribution in [1.82, 2.24) is 10.2 Å². The third-order valence-corrected chi connectivity index (χ3v) is 5.22. The molecular formula is C21H13F5N2O2. The maximum Gasteiger partial charge on any atom is 0.325 e. The minimum absolute atomic E-state index is 0.430. The average Bonchev–Trinajstić information content (AvgIpc) is 2.96. The summed E-state index contributed by atoms with van der Waals surface area (Å²) in [5, 5.41) is 3.92. The predicted molar refractivity (Wildman–Crippen MR) is 96.6 cm³/mol. The van der Waals surface area contributed by atoms with E-state index in [-0.39, 0.29) is 0 Å². The Morgan fingerprint density at radius 2 is 1.40 bits per heavy atom. The summed E-state index contributed by atoms with van der Waals surface area (Å²) >= 11 is 0. The van der Waals surface area contributed by atoms with E-state index in [1.54, 1.807) is 42.5 Å². The van der Waals surface area contributed by atoms with Crippen LogP contribution in [0.3, 0.4) is 0 Å². The van der Waals surface area contributed by atoms with Gasteiger partial charge in [-0.25, -0.2) is 26.7 Å². The molecule has 4 rings (SSSR count). The molecule has 1 atom stereocenters. The normalized spacial score (nSPS) is 18.9. The Kier molecular flexibility index (Phi) is 4.48. The largest absolute Gasteiger partial charge is 0.325 e. The van der Waals surface area contributed by atoms with Crippen LogP contribution in [-0.2, 0) is 16.9 Å². The summed E-state index contributed by atoms with van der Waals surface area (Å²) < 4.78 is 68.4. The summed E-state index contributed by atoms with van der Waals surface area (Å²) in [5.74, 6) is -11.7. The highest BCUT2D eigenvalue weighted by atomic mass is 19.2. The van der Waals surface area contributed by atoms with Gasteiger partial charge in [-0.3, -0.25) is 9.69 Å². The third-order valence-electron chi connectivity index (χ3n) is 5.22. The molecule has 1 heterocycles. The summed E-state index contributed by atoms with van der Waals surface area (Å²) in [5.41, 5.74) is -2.43. The van der Waals surface area contributed by atoms with Gasteiger partial charge in [0.15, 0.2) is 23.3 Å². The SMILES string of the molecule is C[C@]1(c2cccc3ccccc23)NC(=O)N(Cc2c(F)c(F)c(F)c(F)c2F)C1=O. The van der Waals surface area contributed by atoms with E-state index in [1.807, 2.05) is 0 Å². The lowest BCUT2D eigenvalue weighted by Crippen LogP contribution is -2.41. The number of nitrogens with zero attached hydrogens (tertiary/aromatic N) is 1. The number of carbonyl (C=O) groups is 2. The molecule has 1 aliphatic heterocycles. The molecular weight excluding hydrogens is 407 g/mol. The van der Waals surface area contributed by atoms with Crippen LogP contribution in [0.1, 0.15) is 18.1 Å². The summed E-state index contributed by atoms with van der Waals surface area (Å²) in [7, 11) is 0. The van der Waals surface area contributed by atoms with Crippen molar-refractivity contribution in [2.75, 3.05) is 0 Å². The van der Waals surface area contributed by atoms with E-state index < -0.39 is 58.7 Å². The molecule has 1 saturated heterocycles. The first-order valence-corrected chi connectivity index (χ1v) is 8.79. The monoisotopic (exact) mass is 420 g/mol. The van der Waals surface area contributed by atoms with Gasteiger partial charge in [-0.1, -0.05) is 42.5 Å². The van der Waals surface area contributed by atoms with Crippen LogP contribution in [0.15, 0.2) is 42.5 Å². The molecule has 1 fully saturated rings. The minimum Gasteiger partial charge on any atom is -0.319 e. The maximum absolute atomic E-state index is 14.0. The fourth-order valence-electron chi connectivity index (χ4n) is 3.63. The van der Waals surface area contributed by atoms with Gasteiger partial charge >= 0.3 is 6.03 Å². The second-order valence-corrected chi connectivity index (χ2v) is 7.02. The van der Waals surface area contributed by atoms with E-state index in [9.17, 15) is 31.5 Å². The first-order valence-electron chi connectivity index (χ1n) is 8.79. The standard InChI is InChI=1S/C21H13F5N2O2/c1-21(13-8-4-6-10-5-2-3-7-11(10)13)19(29)28(20(30)27-21)9-12-14(22)16(24)18(26)17(25)15(12)23/h2-8H,9H2,1H3,(H,27,30)/t21-/m1/s1. The summed E-state index contributed by atoms with van der Waals surface area (Å²) in [6.07, 6.45) is 0. The van der Waals surface area contributed by atoms with Crippen molar-refractivity contribution in [1.29, 1.82) is 0 Å². The highest BCUT2D eigenvalue weighted by Crippen LogP contribution is 2.35. The Labute approximate surface area is 166 Å². The highest BCUT2D eigenvalue weighted by Gasteiger charge is 2.50. The molecule has 0 bridgehead atoms. The zero-order valence-corrected chi connectivity index (χ0v) is 15.4. The van der Waals surface area contributed by atoms with Gasteiger partial charge in [0.1, 0.15) is 5.54 Å². The second-order valence-electron chi connectivity index (χ2n) is 7.02. The van der Waals surface area contributed by atoms with Crippen LogP contribution in [0.4, 0.5) is 26.7 Å². The predicted octanol–water partition coefficient (Wildman–Crippen LogP) is 4.50. The Bertz CT molecular complexity index is 1200. The Balaban J connectivity index is 1.78. The number of rotatable bonds is 3. The second kappa shape index (κ2) is 6.79. The molecule has 0 spiro atoms. The van der Waals surface area contributed by atoms with Crippen molar-refractivity contribution < 1.29 is 31.5 Å². The molecule has 30 heavy (non-hydrogen) atoms. The Morgan fingerprint density at radius 3 is 2.07 bits per heavy atom. The van der Waals surface area contributed by atoms with E-state index in [4.69, 9.17) is 0 Å². The van der Waals surface area contributed by atoms with Crippen molar-refractivity contribution in [3.8, 4) is 0 Å². The van der Waals surface area contributed by atoms with Gasteiger partial charge in [0, 0.05) is 5.56 Å². The number of nitrogens with one attached hydrogen (secondary N) is 1. The van der Waals surface area contributed by atoms with Gasteiger partial charge in [-0.05, 0) is 23.3 Å². The van der Waals surface area contributed by atoms with Gasteiger partial charge in [0.2, 0.25) is 5.82 Å². The summed E-state index contributed by atoms with van der Waals surface area (Å²) in [6.45, 7) is 0.296. The molecule has 3 aromatic rings. The number of amides is 3. The van der Waals surface area contributed by atoms with E-state index in [2.05, 4.69) is 5.32 Å².